The van der Waals surface area contributed by atoms with Crippen LogP contribution >= 0.6 is 0 Å². The van der Waals surface area contributed by atoms with Crippen LogP contribution in [0.3, 0.4) is 0 Å². The van der Waals surface area contributed by atoms with Crippen molar-refractivity contribution in [2.45, 2.75) is 25.3 Å². The number of benzene rings is 2. The molecule has 0 aliphatic carbocycles. The van der Waals surface area contributed by atoms with Gasteiger partial charge in [-0.05, 0) is 31.5 Å². The van der Waals surface area contributed by atoms with Gasteiger partial charge in [0.25, 0.3) is 10.0 Å². The van der Waals surface area contributed by atoms with Crippen LogP contribution in [0.25, 0.3) is 11.1 Å². The Bertz CT molecular complexity index is 1060. The summed E-state index contributed by atoms with van der Waals surface area (Å²) in [6.07, 6.45) is 0. The van der Waals surface area contributed by atoms with E-state index >= 15 is 0 Å². The highest BCUT2D eigenvalue weighted by atomic mass is 32.2. The fourth-order valence-corrected chi connectivity index (χ4v) is 3.72. The van der Waals surface area contributed by atoms with Gasteiger partial charge in [0.1, 0.15) is 6.54 Å². The van der Waals surface area contributed by atoms with Crippen LogP contribution in [0, 0.1) is 25.2 Å². The molecule has 0 saturated heterocycles. The average molecular weight is 366 g/mol. The third-order valence-corrected chi connectivity index (χ3v) is 5.41. The smallest absolute Gasteiger partial charge is 0.261 e. The van der Waals surface area contributed by atoms with Gasteiger partial charge >= 0.3 is 0 Å². The van der Waals surface area contributed by atoms with Crippen LogP contribution in [0.15, 0.2) is 59.5 Å². The largest absolute Gasteiger partial charge is 0.263 e. The van der Waals surface area contributed by atoms with Crippen LogP contribution in [0.5, 0.6) is 0 Å². The molecule has 2 aromatic carbocycles. The van der Waals surface area contributed by atoms with Gasteiger partial charge in [-0.2, -0.15) is 10.4 Å². The highest BCUT2D eigenvalue weighted by Crippen LogP contribution is 2.32. The van der Waals surface area contributed by atoms with Gasteiger partial charge in [0.15, 0.2) is 5.82 Å². The fourth-order valence-electron chi connectivity index (χ4n) is 2.69. The van der Waals surface area contributed by atoms with Crippen LogP contribution in [-0.2, 0) is 16.6 Å². The second kappa shape index (κ2) is 7.02. The van der Waals surface area contributed by atoms with Crippen LogP contribution in [-0.4, -0.2) is 18.2 Å². The average Bonchev–Trinajstić information content (AvgIpc) is 2.92. The number of aryl methyl sites for hydroxylation is 1. The Balaban J connectivity index is 2.10. The maximum atomic E-state index is 12.7. The van der Waals surface area contributed by atoms with Crippen molar-refractivity contribution in [2.75, 3.05) is 4.72 Å². The maximum Gasteiger partial charge on any atom is 0.263 e. The minimum atomic E-state index is -3.78. The molecule has 1 heterocycles. The summed E-state index contributed by atoms with van der Waals surface area (Å²) in [7, 11) is -3.78. The predicted molar refractivity (Wildman–Crippen MR) is 100 cm³/mol. The third kappa shape index (κ3) is 3.46. The molecule has 3 rings (SSSR count). The quantitative estimate of drug-likeness (QED) is 0.749. The monoisotopic (exact) mass is 366 g/mol. The lowest BCUT2D eigenvalue weighted by Gasteiger charge is -2.08. The summed E-state index contributed by atoms with van der Waals surface area (Å²) in [5, 5.41) is 13.3. The van der Waals surface area contributed by atoms with Crippen molar-refractivity contribution < 1.29 is 8.42 Å². The Kier molecular flexibility index (Phi) is 4.78. The van der Waals surface area contributed by atoms with E-state index < -0.39 is 10.0 Å². The number of aromatic nitrogens is 2. The molecule has 0 aliphatic heterocycles. The lowest BCUT2D eigenvalue weighted by Crippen LogP contribution is -2.14. The topological polar surface area (TPSA) is 87.8 Å². The van der Waals surface area contributed by atoms with Crippen molar-refractivity contribution >= 4 is 15.8 Å². The molecule has 0 aliphatic rings. The Morgan fingerprint density at radius 1 is 1.08 bits per heavy atom. The summed E-state index contributed by atoms with van der Waals surface area (Å²) in [6, 6.07) is 17.9. The highest BCUT2D eigenvalue weighted by Gasteiger charge is 2.22. The molecule has 0 amide bonds. The summed E-state index contributed by atoms with van der Waals surface area (Å²) in [6.45, 7) is 3.84. The molecule has 0 unspecified atom stereocenters. The predicted octanol–water partition coefficient (Wildman–Crippen LogP) is 3.49. The van der Waals surface area contributed by atoms with Crippen molar-refractivity contribution in [2.24, 2.45) is 0 Å². The summed E-state index contributed by atoms with van der Waals surface area (Å²) in [4.78, 5) is 0.155. The standard InChI is InChI=1S/C19H18N4O2S/c1-14-8-10-16(11-9-14)18-15(2)23(13-12-20)21-19(18)22-26(24,25)17-6-4-3-5-7-17/h3-11H,13H2,1-2H3,(H,21,22). The molecule has 26 heavy (non-hydrogen) atoms. The first-order valence-electron chi connectivity index (χ1n) is 8.01. The number of hydrogen-bond acceptors (Lipinski definition) is 4. The van der Waals surface area contributed by atoms with Gasteiger partial charge in [-0.25, -0.2) is 8.42 Å². The van der Waals surface area contributed by atoms with E-state index in [1.807, 2.05) is 44.2 Å². The maximum absolute atomic E-state index is 12.7. The van der Waals surface area contributed by atoms with E-state index in [-0.39, 0.29) is 17.3 Å². The number of nitrogens with one attached hydrogen (secondary N) is 1. The Hall–Kier alpha value is -3.11. The minimum absolute atomic E-state index is 0.0394. The van der Waals surface area contributed by atoms with E-state index in [1.165, 1.54) is 16.8 Å². The van der Waals surface area contributed by atoms with Crippen molar-refractivity contribution in [3.8, 4) is 17.2 Å². The highest BCUT2D eigenvalue weighted by molar-refractivity contribution is 7.92. The first-order valence-corrected chi connectivity index (χ1v) is 9.50. The molecule has 0 fully saturated rings. The molecule has 7 heteroatoms. The van der Waals surface area contributed by atoms with Gasteiger partial charge in [0.2, 0.25) is 0 Å². The summed E-state index contributed by atoms with van der Waals surface area (Å²) in [5.41, 5.74) is 3.33. The molecule has 0 bridgehead atoms. The number of rotatable bonds is 5. The van der Waals surface area contributed by atoms with E-state index in [1.54, 1.807) is 18.2 Å². The van der Waals surface area contributed by atoms with Gasteiger partial charge in [0, 0.05) is 11.3 Å². The van der Waals surface area contributed by atoms with Crippen LogP contribution in [0.4, 0.5) is 5.82 Å². The molecular formula is C19H18N4O2S. The van der Waals surface area contributed by atoms with E-state index in [9.17, 15) is 8.42 Å². The van der Waals surface area contributed by atoms with E-state index in [4.69, 9.17) is 5.26 Å². The van der Waals surface area contributed by atoms with Gasteiger partial charge in [0.05, 0.1) is 11.0 Å². The zero-order valence-electron chi connectivity index (χ0n) is 14.5. The Labute approximate surface area is 152 Å². The summed E-state index contributed by atoms with van der Waals surface area (Å²) >= 11 is 0. The third-order valence-electron chi connectivity index (χ3n) is 4.05. The molecule has 0 atom stereocenters. The van der Waals surface area contributed by atoms with Crippen molar-refractivity contribution in [3.05, 3.63) is 65.9 Å². The van der Waals surface area contributed by atoms with Crippen molar-refractivity contribution in [1.82, 2.24) is 9.78 Å². The van der Waals surface area contributed by atoms with E-state index in [0.717, 1.165) is 16.8 Å². The number of anilines is 1. The second-order valence-electron chi connectivity index (χ2n) is 5.91. The normalized spacial score (nSPS) is 11.1. The van der Waals surface area contributed by atoms with Crippen LogP contribution in [0.2, 0.25) is 0 Å². The van der Waals surface area contributed by atoms with Gasteiger partial charge < -0.3 is 0 Å². The van der Waals surface area contributed by atoms with Gasteiger partial charge in [-0.1, -0.05) is 48.0 Å². The Morgan fingerprint density at radius 3 is 2.35 bits per heavy atom. The van der Waals surface area contributed by atoms with Gasteiger partial charge in [-0.3, -0.25) is 9.40 Å². The number of hydrogen-bond donors (Lipinski definition) is 1. The molecule has 6 nitrogen and oxygen atoms in total. The number of nitriles is 1. The number of nitrogens with zero attached hydrogens (tertiary/aromatic N) is 3. The second-order valence-corrected chi connectivity index (χ2v) is 7.59. The zero-order valence-corrected chi connectivity index (χ0v) is 15.3. The fraction of sp³-hybridized carbons (Fsp3) is 0.158. The molecule has 0 radical (unpaired) electrons. The van der Waals surface area contributed by atoms with Crippen LogP contribution in [0.1, 0.15) is 11.3 Å². The van der Waals surface area contributed by atoms with Crippen molar-refractivity contribution in [1.29, 1.82) is 5.26 Å². The summed E-state index contributed by atoms with van der Waals surface area (Å²) in [5.74, 6) is 0.213. The molecule has 1 N–H and O–H groups in total. The molecule has 132 valence electrons. The van der Waals surface area contributed by atoms with E-state index in [0.29, 0.717) is 5.56 Å². The van der Waals surface area contributed by atoms with Crippen molar-refractivity contribution in [3.63, 3.8) is 0 Å². The molecular weight excluding hydrogens is 348 g/mol. The Morgan fingerprint density at radius 2 is 1.73 bits per heavy atom. The molecule has 1 aromatic heterocycles. The number of sulfonamides is 1. The zero-order chi connectivity index (χ0) is 18.7. The van der Waals surface area contributed by atoms with Crippen LogP contribution < -0.4 is 4.72 Å². The minimum Gasteiger partial charge on any atom is -0.261 e. The summed E-state index contributed by atoms with van der Waals surface area (Å²) < 4.78 is 29.4. The molecule has 0 spiro atoms. The SMILES string of the molecule is Cc1ccc(-c2c(NS(=O)(=O)c3ccccc3)nn(CC#N)c2C)cc1. The first-order chi connectivity index (χ1) is 12.4. The van der Waals surface area contributed by atoms with E-state index in [2.05, 4.69) is 9.82 Å². The molecule has 0 saturated carbocycles. The van der Waals surface area contributed by atoms with Gasteiger partial charge in [-0.15, -0.1) is 0 Å². The first kappa shape index (κ1) is 17.7. The molecule has 3 aromatic rings. The lowest BCUT2D eigenvalue weighted by atomic mass is 10.0. The lowest BCUT2D eigenvalue weighted by molar-refractivity contribution is 0.600.